The zero-order valence-electron chi connectivity index (χ0n) is 8.20. The lowest BCUT2D eigenvalue weighted by Gasteiger charge is -2.33. The largest absolute Gasteiger partial charge is 0.377 e. The maximum Gasteiger partial charge on any atom is 0.315 e. The number of halogens is 2. The van der Waals surface area contributed by atoms with Crippen molar-refractivity contribution in [2.45, 2.75) is 12.5 Å². The molecule has 0 aromatic rings. The van der Waals surface area contributed by atoms with Crippen LogP contribution in [-0.4, -0.2) is 56.0 Å². The molecule has 0 saturated carbocycles. The Labute approximate surface area is 85.4 Å². The van der Waals surface area contributed by atoms with Gasteiger partial charge >= 0.3 is 6.43 Å². The van der Waals surface area contributed by atoms with E-state index in [2.05, 4.69) is 5.32 Å². The molecule has 0 bridgehead atoms. The van der Waals surface area contributed by atoms with Crippen molar-refractivity contribution in [1.82, 2.24) is 10.2 Å². The highest BCUT2D eigenvalue weighted by Gasteiger charge is 2.35. The summed E-state index contributed by atoms with van der Waals surface area (Å²) in [7, 11) is 1.38. The van der Waals surface area contributed by atoms with Crippen LogP contribution >= 0.6 is 0 Å². The highest BCUT2D eigenvalue weighted by Crippen LogP contribution is 2.11. The van der Waals surface area contributed by atoms with Crippen LogP contribution in [-0.2, 0) is 14.3 Å². The quantitative estimate of drug-likeness (QED) is 0.667. The number of carbonyl (C=O) groups excluding carboxylic acids is 2. The second-order valence-electron chi connectivity index (χ2n) is 3.04. The Morgan fingerprint density at radius 2 is 2.20 bits per heavy atom. The topological polar surface area (TPSA) is 58.6 Å². The summed E-state index contributed by atoms with van der Waals surface area (Å²) < 4.78 is 29.3. The molecule has 1 heterocycles. The van der Waals surface area contributed by atoms with E-state index in [0.717, 1.165) is 4.90 Å². The van der Waals surface area contributed by atoms with E-state index in [0.29, 0.717) is 0 Å². The maximum absolute atomic E-state index is 12.2. The van der Waals surface area contributed by atoms with Crippen molar-refractivity contribution in [2.24, 2.45) is 0 Å². The summed E-state index contributed by atoms with van der Waals surface area (Å²) >= 11 is 0. The minimum atomic E-state index is -3.09. The van der Waals surface area contributed by atoms with Crippen LogP contribution in [0.2, 0.25) is 0 Å². The molecule has 2 amide bonds. The summed E-state index contributed by atoms with van der Waals surface area (Å²) in [6.07, 6.45) is -3.09. The fourth-order valence-electron chi connectivity index (χ4n) is 1.38. The van der Waals surface area contributed by atoms with E-state index in [4.69, 9.17) is 4.74 Å². The van der Waals surface area contributed by atoms with Gasteiger partial charge in [-0.2, -0.15) is 8.78 Å². The number of rotatable bonds is 2. The van der Waals surface area contributed by atoms with Crippen molar-refractivity contribution in [3.63, 3.8) is 0 Å². The zero-order valence-corrected chi connectivity index (χ0v) is 8.20. The Bertz CT molecular complexity index is 260. The lowest BCUT2D eigenvalue weighted by molar-refractivity contribution is -0.156. The normalized spacial score (nSPS) is 21.6. The van der Waals surface area contributed by atoms with E-state index in [1.807, 2.05) is 0 Å². The summed E-state index contributed by atoms with van der Waals surface area (Å²) in [6, 6.07) is -0.953. The number of carbonyl (C=O) groups is 2. The van der Waals surface area contributed by atoms with Gasteiger partial charge in [0, 0.05) is 13.6 Å². The van der Waals surface area contributed by atoms with Gasteiger partial charge in [-0.05, 0) is 0 Å². The number of likely N-dealkylation sites (N-methyl/N-ethyl adjacent to an activating group) is 1. The number of nitrogens with one attached hydrogen (secondary N) is 1. The molecule has 5 nitrogen and oxygen atoms in total. The lowest BCUT2D eigenvalue weighted by Crippen LogP contribution is -2.56. The van der Waals surface area contributed by atoms with Gasteiger partial charge in [-0.15, -0.1) is 0 Å². The van der Waals surface area contributed by atoms with E-state index < -0.39 is 24.3 Å². The molecule has 1 aliphatic rings. The molecule has 1 unspecified atom stereocenters. The second-order valence-corrected chi connectivity index (χ2v) is 3.04. The van der Waals surface area contributed by atoms with Gasteiger partial charge in [0.15, 0.2) is 0 Å². The van der Waals surface area contributed by atoms with Crippen molar-refractivity contribution in [1.29, 1.82) is 0 Å². The van der Waals surface area contributed by atoms with Crippen molar-refractivity contribution < 1.29 is 23.1 Å². The Morgan fingerprint density at radius 3 is 2.73 bits per heavy atom. The molecule has 0 aliphatic carbocycles. The highest BCUT2D eigenvalue weighted by molar-refractivity contribution is 5.88. The van der Waals surface area contributed by atoms with Crippen LogP contribution in [0.1, 0.15) is 0 Å². The van der Waals surface area contributed by atoms with Crippen LogP contribution in [0.5, 0.6) is 0 Å². The highest BCUT2D eigenvalue weighted by atomic mass is 19.3. The Balaban J connectivity index is 2.73. The van der Waals surface area contributed by atoms with Crippen LogP contribution in [0.3, 0.4) is 0 Å². The number of nitrogens with zero attached hydrogens (tertiary/aromatic N) is 1. The van der Waals surface area contributed by atoms with E-state index in [-0.39, 0.29) is 19.8 Å². The number of amides is 2. The second kappa shape index (κ2) is 5.01. The summed E-state index contributed by atoms with van der Waals surface area (Å²) in [6.45, 7) is 0.144. The van der Waals surface area contributed by atoms with Crippen LogP contribution in [0.25, 0.3) is 0 Å². The predicted molar refractivity (Wildman–Crippen MR) is 46.4 cm³/mol. The van der Waals surface area contributed by atoms with E-state index in [1.54, 1.807) is 0 Å². The first-order valence-corrected chi connectivity index (χ1v) is 4.46. The summed E-state index contributed by atoms with van der Waals surface area (Å²) in [5.41, 5.74) is 0. The first-order chi connectivity index (χ1) is 7.07. The zero-order chi connectivity index (χ0) is 11.4. The van der Waals surface area contributed by atoms with Crippen molar-refractivity contribution >= 4 is 11.8 Å². The van der Waals surface area contributed by atoms with E-state index in [9.17, 15) is 18.4 Å². The third-order valence-corrected chi connectivity index (χ3v) is 2.15. The van der Waals surface area contributed by atoms with Gasteiger partial charge in [-0.25, -0.2) is 0 Å². The van der Waals surface area contributed by atoms with Crippen LogP contribution in [0, 0.1) is 0 Å². The molecular weight excluding hydrogens is 210 g/mol. The van der Waals surface area contributed by atoms with E-state index >= 15 is 0 Å². The lowest BCUT2D eigenvalue weighted by atomic mass is 10.2. The van der Waals surface area contributed by atoms with Crippen LogP contribution < -0.4 is 5.32 Å². The van der Waals surface area contributed by atoms with Crippen molar-refractivity contribution in [2.75, 3.05) is 26.8 Å². The standard InChI is InChI=1S/C8H12F2N2O3/c1-11-7(13)5-4-15-3-2-12(5)8(14)6(9)10/h5-6H,2-4H2,1H3,(H,11,13). The van der Waals surface area contributed by atoms with Crippen LogP contribution in [0.15, 0.2) is 0 Å². The third-order valence-electron chi connectivity index (χ3n) is 2.15. The van der Waals surface area contributed by atoms with Gasteiger partial charge in [-0.1, -0.05) is 0 Å². The molecule has 1 fully saturated rings. The third kappa shape index (κ3) is 2.62. The first kappa shape index (κ1) is 11.8. The molecule has 1 saturated heterocycles. The number of morpholine rings is 1. The Kier molecular flexibility index (Phi) is 3.96. The molecule has 0 aromatic carbocycles. The van der Waals surface area contributed by atoms with Crippen LogP contribution in [0.4, 0.5) is 8.78 Å². The molecule has 1 rings (SSSR count). The summed E-state index contributed by atoms with van der Waals surface area (Å²) in [5.74, 6) is -1.82. The van der Waals surface area contributed by atoms with Gasteiger partial charge < -0.3 is 15.0 Å². The molecule has 86 valence electrons. The predicted octanol–water partition coefficient (Wildman–Crippen LogP) is -0.775. The number of hydrogen-bond acceptors (Lipinski definition) is 3. The van der Waals surface area contributed by atoms with Gasteiger partial charge in [-0.3, -0.25) is 9.59 Å². The Morgan fingerprint density at radius 1 is 1.53 bits per heavy atom. The van der Waals surface area contributed by atoms with Gasteiger partial charge in [0.05, 0.1) is 13.2 Å². The molecule has 1 N–H and O–H groups in total. The van der Waals surface area contributed by atoms with Gasteiger partial charge in [0.1, 0.15) is 6.04 Å². The SMILES string of the molecule is CNC(=O)C1COCCN1C(=O)C(F)F. The first-order valence-electron chi connectivity index (χ1n) is 4.46. The molecule has 0 radical (unpaired) electrons. The molecule has 0 spiro atoms. The molecule has 15 heavy (non-hydrogen) atoms. The number of ether oxygens (including phenoxy) is 1. The average molecular weight is 222 g/mol. The summed E-state index contributed by atoms with van der Waals surface area (Å²) in [4.78, 5) is 23.2. The van der Waals surface area contributed by atoms with Gasteiger partial charge in [0.25, 0.3) is 5.91 Å². The van der Waals surface area contributed by atoms with Crippen molar-refractivity contribution in [3.8, 4) is 0 Å². The minimum Gasteiger partial charge on any atom is -0.377 e. The van der Waals surface area contributed by atoms with Gasteiger partial charge in [0.2, 0.25) is 5.91 Å². The Hall–Kier alpha value is -1.24. The average Bonchev–Trinajstić information content (AvgIpc) is 2.27. The number of hydrogen-bond donors (Lipinski definition) is 1. The smallest absolute Gasteiger partial charge is 0.315 e. The maximum atomic E-state index is 12.2. The molecular formula is C8H12F2N2O3. The fourth-order valence-corrected chi connectivity index (χ4v) is 1.38. The molecule has 1 atom stereocenters. The minimum absolute atomic E-state index is 0.0151. The molecule has 7 heteroatoms. The number of alkyl halides is 2. The summed E-state index contributed by atoms with van der Waals surface area (Å²) in [5, 5.41) is 2.30. The fraction of sp³-hybridized carbons (Fsp3) is 0.750. The van der Waals surface area contributed by atoms with E-state index in [1.165, 1.54) is 7.05 Å². The molecule has 0 aromatic heterocycles. The molecule has 1 aliphatic heterocycles. The monoisotopic (exact) mass is 222 g/mol. The van der Waals surface area contributed by atoms with Crippen molar-refractivity contribution in [3.05, 3.63) is 0 Å².